The highest BCUT2D eigenvalue weighted by Crippen LogP contribution is 2.33. The van der Waals surface area contributed by atoms with Gasteiger partial charge < -0.3 is 4.74 Å². The Kier molecular flexibility index (Phi) is 4.04. The zero-order chi connectivity index (χ0) is 14.6. The standard InChI is InChI=1S/C9H6F2N2O6/c10-4-9(11,5-14)19-8-2-1-6(12(15)16)3-7(8)13(17)18/h1-3,5H,4H2. The molecule has 0 N–H and O–H groups in total. The smallest absolute Gasteiger partial charge is 0.332 e. The summed E-state index contributed by atoms with van der Waals surface area (Å²) < 4.78 is 29.8. The molecule has 0 aromatic heterocycles. The van der Waals surface area contributed by atoms with E-state index in [4.69, 9.17) is 0 Å². The van der Waals surface area contributed by atoms with Crippen LogP contribution in [0.2, 0.25) is 0 Å². The van der Waals surface area contributed by atoms with E-state index in [-0.39, 0.29) is 0 Å². The Morgan fingerprint density at radius 1 is 1.32 bits per heavy atom. The second kappa shape index (κ2) is 5.33. The molecule has 0 aliphatic heterocycles. The molecule has 0 heterocycles. The second-order valence-electron chi connectivity index (χ2n) is 3.31. The number of non-ortho nitro benzene ring substituents is 1. The number of halogens is 2. The van der Waals surface area contributed by atoms with Crippen molar-refractivity contribution in [2.75, 3.05) is 6.67 Å². The number of aldehydes is 1. The van der Waals surface area contributed by atoms with Crippen molar-refractivity contribution >= 4 is 17.7 Å². The molecule has 102 valence electrons. The predicted octanol–water partition coefficient (Wildman–Crippen LogP) is 1.72. The topological polar surface area (TPSA) is 113 Å². The molecule has 0 saturated carbocycles. The van der Waals surface area contributed by atoms with E-state index in [9.17, 15) is 33.8 Å². The van der Waals surface area contributed by atoms with Crippen LogP contribution in [0.1, 0.15) is 0 Å². The average Bonchev–Trinajstić information content (AvgIpc) is 2.38. The van der Waals surface area contributed by atoms with Crippen molar-refractivity contribution in [2.24, 2.45) is 0 Å². The number of ether oxygens (including phenoxy) is 1. The molecule has 0 amide bonds. The molecule has 19 heavy (non-hydrogen) atoms. The molecule has 0 bridgehead atoms. The highest BCUT2D eigenvalue weighted by Gasteiger charge is 2.35. The third-order valence-electron chi connectivity index (χ3n) is 1.99. The lowest BCUT2D eigenvalue weighted by molar-refractivity contribution is -0.395. The summed E-state index contributed by atoms with van der Waals surface area (Å²) in [6.07, 6.45) is -0.502. The number of carbonyl (C=O) groups excluding carboxylic acids is 1. The molecule has 10 heteroatoms. The van der Waals surface area contributed by atoms with E-state index in [0.717, 1.165) is 6.07 Å². The molecule has 1 rings (SSSR count). The Morgan fingerprint density at radius 3 is 2.37 bits per heavy atom. The highest BCUT2D eigenvalue weighted by molar-refractivity contribution is 5.62. The Balaban J connectivity index is 3.24. The van der Waals surface area contributed by atoms with Crippen molar-refractivity contribution in [1.82, 2.24) is 0 Å². The molecule has 8 nitrogen and oxygen atoms in total. The van der Waals surface area contributed by atoms with E-state index in [0.29, 0.717) is 12.1 Å². The van der Waals surface area contributed by atoms with E-state index in [1.807, 2.05) is 0 Å². The van der Waals surface area contributed by atoms with Gasteiger partial charge in [0.25, 0.3) is 5.69 Å². The third-order valence-corrected chi connectivity index (χ3v) is 1.99. The van der Waals surface area contributed by atoms with Crippen LogP contribution in [0.25, 0.3) is 0 Å². The first-order valence-corrected chi connectivity index (χ1v) is 4.66. The van der Waals surface area contributed by atoms with Crippen LogP contribution in [-0.4, -0.2) is 28.7 Å². The van der Waals surface area contributed by atoms with Crippen LogP contribution in [0.3, 0.4) is 0 Å². The minimum atomic E-state index is -3.37. The molecule has 0 aliphatic carbocycles. The fourth-order valence-corrected chi connectivity index (χ4v) is 1.11. The van der Waals surface area contributed by atoms with Crippen LogP contribution in [0.5, 0.6) is 5.75 Å². The van der Waals surface area contributed by atoms with Crippen LogP contribution in [-0.2, 0) is 4.79 Å². The van der Waals surface area contributed by atoms with Gasteiger partial charge in [-0.25, -0.2) is 4.39 Å². The van der Waals surface area contributed by atoms with Gasteiger partial charge in [-0.05, 0) is 6.07 Å². The number of alkyl halides is 2. The lowest BCUT2D eigenvalue weighted by Crippen LogP contribution is -2.35. The number of nitrogens with zero attached hydrogens (tertiary/aromatic N) is 2. The van der Waals surface area contributed by atoms with Gasteiger partial charge in [0.05, 0.1) is 15.9 Å². The molecule has 0 radical (unpaired) electrons. The summed E-state index contributed by atoms with van der Waals surface area (Å²) in [6.45, 7) is -1.86. The number of hydrogen-bond acceptors (Lipinski definition) is 6. The van der Waals surface area contributed by atoms with E-state index in [1.165, 1.54) is 0 Å². The Bertz CT molecular complexity index is 537. The van der Waals surface area contributed by atoms with E-state index in [1.54, 1.807) is 0 Å². The molecule has 1 unspecified atom stereocenters. The molecule has 0 aliphatic rings. The Hall–Kier alpha value is -2.65. The SMILES string of the molecule is O=CC(F)(CF)Oc1ccc([N+](=O)[O-])cc1[N+](=O)[O-]. The Morgan fingerprint density at radius 2 is 1.95 bits per heavy atom. The summed E-state index contributed by atoms with van der Waals surface area (Å²) in [5, 5.41) is 21.1. The summed E-state index contributed by atoms with van der Waals surface area (Å²) >= 11 is 0. The number of hydrogen-bond donors (Lipinski definition) is 0. The fourth-order valence-electron chi connectivity index (χ4n) is 1.11. The lowest BCUT2D eigenvalue weighted by Gasteiger charge is -2.16. The van der Waals surface area contributed by atoms with E-state index < -0.39 is 45.8 Å². The van der Waals surface area contributed by atoms with Crippen LogP contribution >= 0.6 is 0 Å². The average molecular weight is 276 g/mol. The van der Waals surface area contributed by atoms with Crippen molar-refractivity contribution in [3.8, 4) is 5.75 Å². The largest absolute Gasteiger partial charge is 0.442 e. The van der Waals surface area contributed by atoms with Crippen molar-refractivity contribution in [2.45, 2.75) is 5.85 Å². The molecule has 0 spiro atoms. The molecule has 1 aromatic rings. The molecular formula is C9H6F2N2O6. The maximum Gasteiger partial charge on any atom is 0.332 e. The van der Waals surface area contributed by atoms with Gasteiger partial charge in [0, 0.05) is 6.07 Å². The first kappa shape index (κ1) is 14.4. The van der Waals surface area contributed by atoms with Crippen molar-refractivity contribution in [3.05, 3.63) is 38.4 Å². The minimum Gasteiger partial charge on any atom is -0.442 e. The monoisotopic (exact) mass is 276 g/mol. The van der Waals surface area contributed by atoms with Gasteiger partial charge in [-0.1, -0.05) is 0 Å². The van der Waals surface area contributed by atoms with Gasteiger partial charge in [0.15, 0.2) is 13.0 Å². The number of nitro benzene ring substituents is 2. The van der Waals surface area contributed by atoms with Gasteiger partial charge in [0.1, 0.15) is 0 Å². The third kappa shape index (κ3) is 3.18. The first-order valence-electron chi connectivity index (χ1n) is 4.66. The zero-order valence-electron chi connectivity index (χ0n) is 9.12. The minimum absolute atomic E-state index is 0.502. The van der Waals surface area contributed by atoms with Crippen molar-refractivity contribution < 1.29 is 28.2 Å². The second-order valence-corrected chi connectivity index (χ2v) is 3.31. The van der Waals surface area contributed by atoms with Gasteiger partial charge in [0.2, 0.25) is 5.75 Å². The number of rotatable bonds is 6. The van der Waals surface area contributed by atoms with Crippen LogP contribution in [0.4, 0.5) is 20.2 Å². The van der Waals surface area contributed by atoms with Crippen LogP contribution in [0, 0.1) is 20.2 Å². The highest BCUT2D eigenvalue weighted by atomic mass is 19.2. The van der Waals surface area contributed by atoms with Crippen molar-refractivity contribution in [1.29, 1.82) is 0 Å². The maximum atomic E-state index is 13.3. The molecule has 1 aromatic carbocycles. The quantitative estimate of drug-likeness (QED) is 0.444. The number of benzene rings is 1. The van der Waals surface area contributed by atoms with Crippen LogP contribution < -0.4 is 4.74 Å². The zero-order valence-corrected chi connectivity index (χ0v) is 9.12. The fraction of sp³-hybridized carbons (Fsp3) is 0.222. The summed E-state index contributed by atoms with van der Waals surface area (Å²) in [7, 11) is 0. The maximum absolute atomic E-state index is 13.3. The summed E-state index contributed by atoms with van der Waals surface area (Å²) in [6, 6.07) is 2.02. The molecule has 1 atom stereocenters. The van der Waals surface area contributed by atoms with E-state index in [2.05, 4.69) is 4.74 Å². The predicted molar refractivity (Wildman–Crippen MR) is 56.3 cm³/mol. The first-order chi connectivity index (χ1) is 8.83. The van der Waals surface area contributed by atoms with Gasteiger partial charge in [-0.15, -0.1) is 0 Å². The van der Waals surface area contributed by atoms with Gasteiger partial charge in [-0.3, -0.25) is 25.0 Å². The molecule has 0 fully saturated rings. The Labute approximate surface area is 103 Å². The summed E-state index contributed by atoms with van der Waals surface area (Å²) in [5.74, 6) is -4.16. The van der Waals surface area contributed by atoms with Crippen LogP contribution in [0.15, 0.2) is 18.2 Å². The lowest BCUT2D eigenvalue weighted by atomic mass is 10.2. The van der Waals surface area contributed by atoms with Gasteiger partial charge in [-0.2, -0.15) is 4.39 Å². The van der Waals surface area contributed by atoms with E-state index >= 15 is 0 Å². The molecular weight excluding hydrogens is 270 g/mol. The van der Waals surface area contributed by atoms with Crippen molar-refractivity contribution in [3.63, 3.8) is 0 Å². The number of carbonyl (C=O) groups is 1. The normalized spacial score (nSPS) is 13.4. The van der Waals surface area contributed by atoms with Gasteiger partial charge >= 0.3 is 11.5 Å². The summed E-state index contributed by atoms with van der Waals surface area (Å²) in [5.41, 5.74) is -1.58. The summed E-state index contributed by atoms with van der Waals surface area (Å²) in [4.78, 5) is 29.4. The number of nitro groups is 2. The molecule has 0 saturated heterocycles.